The Labute approximate surface area is 136 Å². The van der Waals surface area contributed by atoms with Crippen LogP contribution in [0.25, 0.3) is 0 Å². The molecule has 5 nitrogen and oxygen atoms in total. The molecular formula is C18H23N3O2. The van der Waals surface area contributed by atoms with Crippen molar-refractivity contribution >= 4 is 11.6 Å². The summed E-state index contributed by atoms with van der Waals surface area (Å²) < 4.78 is 5.59. The Kier molecular flexibility index (Phi) is 5.86. The number of nitrogens with one attached hydrogen (secondary N) is 1. The molecule has 0 bridgehead atoms. The first-order valence-corrected chi connectivity index (χ1v) is 7.64. The first-order chi connectivity index (χ1) is 11.0. The predicted octanol–water partition coefficient (Wildman–Crippen LogP) is 3.15. The highest BCUT2D eigenvalue weighted by molar-refractivity contribution is 5.92. The van der Waals surface area contributed by atoms with Crippen LogP contribution in [0.5, 0.6) is 11.5 Å². The quantitative estimate of drug-likeness (QED) is 0.565. The molecule has 4 N–H and O–H groups in total. The lowest BCUT2D eigenvalue weighted by Gasteiger charge is -2.11. The van der Waals surface area contributed by atoms with Gasteiger partial charge in [0.25, 0.3) is 0 Å². The van der Waals surface area contributed by atoms with E-state index in [1.807, 2.05) is 50.2 Å². The molecular weight excluding hydrogens is 290 g/mol. The molecule has 0 heterocycles. The number of nitrogens with zero attached hydrogens (tertiary/aromatic N) is 1. The van der Waals surface area contributed by atoms with Crippen LogP contribution in [-0.2, 0) is 6.42 Å². The third kappa shape index (κ3) is 5.90. The zero-order valence-corrected chi connectivity index (χ0v) is 13.5. The lowest BCUT2D eigenvalue weighted by Crippen LogP contribution is -2.23. The second kappa shape index (κ2) is 8.08. The number of anilines is 1. The van der Waals surface area contributed by atoms with Crippen molar-refractivity contribution in [1.29, 1.82) is 0 Å². The third-order valence-electron chi connectivity index (χ3n) is 3.09. The zero-order valence-electron chi connectivity index (χ0n) is 13.5. The highest BCUT2D eigenvalue weighted by atomic mass is 16.5. The van der Waals surface area contributed by atoms with E-state index in [2.05, 4.69) is 10.3 Å². The molecule has 2 aromatic rings. The molecule has 0 saturated heterocycles. The molecule has 0 atom stereocenters. The van der Waals surface area contributed by atoms with E-state index in [1.165, 1.54) is 0 Å². The fraction of sp³-hybridized carbons (Fsp3) is 0.278. The van der Waals surface area contributed by atoms with E-state index < -0.39 is 0 Å². The summed E-state index contributed by atoms with van der Waals surface area (Å²) in [4.78, 5) is 4.29. The fourth-order valence-electron chi connectivity index (χ4n) is 2.09. The van der Waals surface area contributed by atoms with Crippen molar-refractivity contribution in [3.05, 3.63) is 54.1 Å². The molecule has 0 radical (unpaired) electrons. The molecule has 23 heavy (non-hydrogen) atoms. The van der Waals surface area contributed by atoms with Crippen molar-refractivity contribution in [3.8, 4) is 11.5 Å². The van der Waals surface area contributed by atoms with Gasteiger partial charge in [-0.2, -0.15) is 0 Å². The molecule has 0 aliphatic carbocycles. The maximum absolute atomic E-state index is 9.41. The molecule has 0 saturated carbocycles. The van der Waals surface area contributed by atoms with Crippen LogP contribution in [0.4, 0.5) is 5.69 Å². The van der Waals surface area contributed by atoms with Crippen LogP contribution in [-0.4, -0.2) is 23.7 Å². The van der Waals surface area contributed by atoms with Crippen LogP contribution >= 0.6 is 0 Å². The van der Waals surface area contributed by atoms with E-state index in [0.29, 0.717) is 12.5 Å². The summed E-state index contributed by atoms with van der Waals surface area (Å²) in [5, 5.41) is 12.5. The number of rotatable bonds is 6. The smallest absolute Gasteiger partial charge is 0.193 e. The summed E-state index contributed by atoms with van der Waals surface area (Å²) in [6.45, 7) is 4.53. The van der Waals surface area contributed by atoms with Crippen LogP contribution in [0, 0.1) is 0 Å². The average molecular weight is 313 g/mol. The molecule has 0 aliphatic heterocycles. The number of aliphatic imine (C=N–C) groups is 1. The second-order valence-electron chi connectivity index (χ2n) is 5.50. The first-order valence-electron chi connectivity index (χ1n) is 7.64. The van der Waals surface area contributed by atoms with Gasteiger partial charge in [-0.3, -0.25) is 4.99 Å². The molecule has 2 aromatic carbocycles. The Bertz CT molecular complexity index is 652. The monoisotopic (exact) mass is 313 g/mol. The number of guanidine groups is 1. The lowest BCUT2D eigenvalue weighted by molar-refractivity contribution is 0.242. The molecule has 0 aliphatic rings. The average Bonchev–Trinajstić information content (AvgIpc) is 2.49. The number of phenolic OH excluding ortho intramolecular Hbond substituents is 1. The van der Waals surface area contributed by atoms with E-state index in [0.717, 1.165) is 23.4 Å². The summed E-state index contributed by atoms with van der Waals surface area (Å²) in [5.74, 6) is 1.45. The van der Waals surface area contributed by atoms with Crippen molar-refractivity contribution in [2.45, 2.75) is 26.4 Å². The van der Waals surface area contributed by atoms with Gasteiger partial charge in [-0.15, -0.1) is 0 Å². The molecule has 0 amide bonds. The number of hydrogen-bond acceptors (Lipinski definition) is 3. The van der Waals surface area contributed by atoms with E-state index in [-0.39, 0.29) is 11.9 Å². The Morgan fingerprint density at radius 3 is 2.61 bits per heavy atom. The summed E-state index contributed by atoms with van der Waals surface area (Å²) in [5.41, 5.74) is 7.76. The summed E-state index contributed by atoms with van der Waals surface area (Å²) in [7, 11) is 0. The number of ether oxygens (including phenoxy) is 1. The standard InChI is InChI=1S/C18H23N3O2/c1-13(2)23-17-8-6-15(7-9-17)21-18(19)20-11-10-14-4-3-5-16(22)12-14/h3-9,12-13,22H,10-11H2,1-2H3,(H3,19,20,21). The number of hydrogen-bond donors (Lipinski definition) is 3. The van der Waals surface area contributed by atoms with Crippen LogP contribution < -0.4 is 15.8 Å². The SMILES string of the molecule is CC(C)Oc1ccc(NC(N)=NCCc2cccc(O)c2)cc1. The lowest BCUT2D eigenvalue weighted by atomic mass is 10.1. The topological polar surface area (TPSA) is 79.9 Å². The Balaban J connectivity index is 1.84. The molecule has 0 aromatic heterocycles. The van der Waals surface area contributed by atoms with Gasteiger partial charge in [0, 0.05) is 12.2 Å². The van der Waals surface area contributed by atoms with Crippen LogP contribution in [0.15, 0.2) is 53.5 Å². The summed E-state index contributed by atoms with van der Waals surface area (Å²) in [6.07, 6.45) is 0.871. The highest BCUT2D eigenvalue weighted by Crippen LogP contribution is 2.16. The molecule has 0 unspecified atom stereocenters. The van der Waals surface area contributed by atoms with Crippen molar-refractivity contribution < 1.29 is 9.84 Å². The van der Waals surface area contributed by atoms with Crippen molar-refractivity contribution in [3.63, 3.8) is 0 Å². The molecule has 5 heteroatoms. The Hall–Kier alpha value is -2.69. The molecule has 2 rings (SSSR count). The molecule has 0 spiro atoms. The predicted molar refractivity (Wildman–Crippen MR) is 94.1 cm³/mol. The number of phenols is 1. The van der Waals surface area contributed by atoms with E-state index in [9.17, 15) is 5.11 Å². The normalized spacial score (nSPS) is 11.5. The minimum absolute atomic E-state index is 0.151. The zero-order chi connectivity index (χ0) is 16.7. The van der Waals surface area contributed by atoms with Gasteiger partial charge in [0.15, 0.2) is 5.96 Å². The van der Waals surface area contributed by atoms with Crippen LogP contribution in [0.2, 0.25) is 0 Å². The maximum atomic E-state index is 9.41. The van der Waals surface area contributed by atoms with Crippen molar-refractivity contribution in [2.75, 3.05) is 11.9 Å². The summed E-state index contributed by atoms with van der Waals surface area (Å²) >= 11 is 0. The minimum atomic E-state index is 0.151. The number of benzene rings is 2. The molecule has 122 valence electrons. The molecule has 0 fully saturated rings. The fourth-order valence-corrected chi connectivity index (χ4v) is 2.09. The van der Waals surface area contributed by atoms with E-state index >= 15 is 0 Å². The second-order valence-corrected chi connectivity index (χ2v) is 5.50. The largest absolute Gasteiger partial charge is 0.508 e. The van der Waals surface area contributed by atoms with E-state index in [1.54, 1.807) is 12.1 Å². The third-order valence-corrected chi connectivity index (χ3v) is 3.09. The van der Waals surface area contributed by atoms with E-state index in [4.69, 9.17) is 10.5 Å². The van der Waals surface area contributed by atoms with Gasteiger partial charge in [0.05, 0.1) is 6.10 Å². The number of nitrogens with two attached hydrogens (primary N) is 1. The Morgan fingerprint density at radius 2 is 1.96 bits per heavy atom. The van der Waals surface area contributed by atoms with Gasteiger partial charge >= 0.3 is 0 Å². The minimum Gasteiger partial charge on any atom is -0.508 e. The van der Waals surface area contributed by atoms with Crippen molar-refractivity contribution in [2.24, 2.45) is 10.7 Å². The van der Waals surface area contributed by atoms with Gasteiger partial charge in [0.1, 0.15) is 11.5 Å². The highest BCUT2D eigenvalue weighted by Gasteiger charge is 1.99. The summed E-state index contributed by atoms with van der Waals surface area (Å²) in [6, 6.07) is 14.7. The van der Waals surface area contributed by atoms with Gasteiger partial charge in [-0.1, -0.05) is 12.1 Å². The first kappa shape index (κ1) is 16.7. The van der Waals surface area contributed by atoms with Gasteiger partial charge in [-0.25, -0.2) is 0 Å². The maximum Gasteiger partial charge on any atom is 0.193 e. The van der Waals surface area contributed by atoms with Crippen molar-refractivity contribution in [1.82, 2.24) is 0 Å². The Morgan fingerprint density at radius 1 is 1.22 bits per heavy atom. The van der Waals surface area contributed by atoms with Gasteiger partial charge in [-0.05, 0) is 62.2 Å². The number of aromatic hydroxyl groups is 1. The van der Waals surface area contributed by atoms with Gasteiger partial charge in [0.2, 0.25) is 0 Å². The van der Waals surface area contributed by atoms with Crippen LogP contribution in [0.3, 0.4) is 0 Å². The van der Waals surface area contributed by atoms with Crippen LogP contribution in [0.1, 0.15) is 19.4 Å². The van der Waals surface area contributed by atoms with Gasteiger partial charge < -0.3 is 20.9 Å².